The van der Waals surface area contributed by atoms with E-state index in [4.69, 9.17) is 10.5 Å². The summed E-state index contributed by atoms with van der Waals surface area (Å²) in [6, 6.07) is 2.60. The molecule has 0 radical (unpaired) electrons. The second kappa shape index (κ2) is 7.11. The van der Waals surface area contributed by atoms with Gasteiger partial charge in [-0.05, 0) is 37.4 Å². The molecule has 0 aliphatic rings. The summed E-state index contributed by atoms with van der Waals surface area (Å²) < 4.78 is 5.17. The fraction of sp³-hybridized carbons (Fsp3) is 0.692. The quantitative estimate of drug-likeness (QED) is 0.814. The number of hydrogen-bond donors (Lipinski definition) is 1. The number of thiophene rings is 1. The summed E-state index contributed by atoms with van der Waals surface area (Å²) in [4.78, 5) is 3.78. The van der Waals surface area contributed by atoms with Gasteiger partial charge in [0, 0.05) is 24.6 Å². The van der Waals surface area contributed by atoms with Gasteiger partial charge in [-0.15, -0.1) is 11.3 Å². The zero-order chi connectivity index (χ0) is 12.8. The molecule has 1 aromatic rings. The summed E-state index contributed by atoms with van der Waals surface area (Å²) in [5, 5.41) is 2.14. The first-order valence-electron chi connectivity index (χ1n) is 6.14. The average Bonchev–Trinajstić information content (AvgIpc) is 2.70. The van der Waals surface area contributed by atoms with Gasteiger partial charge >= 0.3 is 0 Å². The van der Waals surface area contributed by atoms with Crippen LogP contribution in [0.25, 0.3) is 0 Å². The van der Waals surface area contributed by atoms with Gasteiger partial charge in [-0.2, -0.15) is 0 Å². The van der Waals surface area contributed by atoms with Crippen molar-refractivity contribution in [1.82, 2.24) is 4.90 Å². The van der Waals surface area contributed by atoms with E-state index >= 15 is 0 Å². The molecule has 3 nitrogen and oxygen atoms in total. The summed E-state index contributed by atoms with van der Waals surface area (Å²) in [6.07, 6.45) is 0. The van der Waals surface area contributed by atoms with E-state index in [0.29, 0.717) is 6.04 Å². The van der Waals surface area contributed by atoms with Gasteiger partial charge in [0.05, 0.1) is 12.6 Å². The third-order valence-electron chi connectivity index (χ3n) is 3.05. The zero-order valence-electron chi connectivity index (χ0n) is 11.3. The number of hydrogen-bond acceptors (Lipinski definition) is 4. The Bertz CT molecular complexity index is 325. The Morgan fingerprint density at radius 1 is 1.53 bits per heavy atom. The van der Waals surface area contributed by atoms with Gasteiger partial charge in [-0.3, -0.25) is 4.90 Å². The second-order valence-electron chi connectivity index (χ2n) is 4.39. The lowest BCUT2D eigenvalue weighted by atomic mass is 10.0. The number of methoxy groups -OCH3 is 1. The van der Waals surface area contributed by atoms with Crippen LogP contribution < -0.4 is 5.73 Å². The van der Waals surface area contributed by atoms with Crippen LogP contribution in [-0.2, 0) is 4.74 Å². The lowest BCUT2D eigenvalue weighted by Gasteiger charge is -2.33. The molecule has 2 unspecified atom stereocenters. The van der Waals surface area contributed by atoms with Crippen molar-refractivity contribution in [2.24, 2.45) is 5.73 Å². The van der Waals surface area contributed by atoms with Crippen LogP contribution in [-0.4, -0.2) is 37.7 Å². The standard InChI is InChI=1S/C13H24N2OS/c1-5-15(7-8-16-4)12(11(3)14)13-10(2)6-9-17-13/h6,9,11-12H,5,7-8,14H2,1-4H3. The maximum atomic E-state index is 6.17. The predicted octanol–water partition coefficient (Wildman–Crippen LogP) is 2.41. The molecule has 4 heteroatoms. The second-order valence-corrected chi connectivity index (χ2v) is 5.34. The number of likely N-dealkylation sites (N-methyl/N-ethyl adjacent to an activating group) is 1. The lowest BCUT2D eigenvalue weighted by Crippen LogP contribution is -2.40. The number of ether oxygens (including phenoxy) is 1. The van der Waals surface area contributed by atoms with Crippen LogP contribution in [0.2, 0.25) is 0 Å². The highest BCUT2D eigenvalue weighted by Gasteiger charge is 2.25. The zero-order valence-corrected chi connectivity index (χ0v) is 12.1. The van der Waals surface area contributed by atoms with Gasteiger partial charge in [0.25, 0.3) is 0 Å². The Morgan fingerprint density at radius 2 is 2.24 bits per heavy atom. The molecule has 0 saturated heterocycles. The highest BCUT2D eigenvalue weighted by Crippen LogP contribution is 2.30. The molecule has 0 aromatic carbocycles. The average molecular weight is 256 g/mol. The molecule has 0 bridgehead atoms. The van der Waals surface area contributed by atoms with Crippen molar-refractivity contribution < 1.29 is 4.74 Å². The highest BCUT2D eigenvalue weighted by atomic mass is 32.1. The third-order valence-corrected chi connectivity index (χ3v) is 4.14. The SMILES string of the molecule is CCN(CCOC)C(c1sccc1C)C(C)N. The molecule has 0 amide bonds. The Hall–Kier alpha value is -0.420. The topological polar surface area (TPSA) is 38.5 Å². The van der Waals surface area contributed by atoms with E-state index in [-0.39, 0.29) is 6.04 Å². The summed E-state index contributed by atoms with van der Waals surface area (Å²) >= 11 is 1.80. The van der Waals surface area contributed by atoms with Crippen molar-refractivity contribution >= 4 is 11.3 Å². The van der Waals surface area contributed by atoms with Crippen LogP contribution in [0.4, 0.5) is 0 Å². The third kappa shape index (κ3) is 3.78. The van der Waals surface area contributed by atoms with Gasteiger partial charge in [0.15, 0.2) is 0 Å². The van der Waals surface area contributed by atoms with Crippen LogP contribution in [0.15, 0.2) is 11.4 Å². The largest absolute Gasteiger partial charge is 0.383 e. The van der Waals surface area contributed by atoms with Crippen molar-refractivity contribution in [3.05, 3.63) is 21.9 Å². The molecule has 0 aliphatic carbocycles. The van der Waals surface area contributed by atoms with Gasteiger partial charge < -0.3 is 10.5 Å². The van der Waals surface area contributed by atoms with Crippen LogP contribution >= 0.6 is 11.3 Å². The maximum Gasteiger partial charge on any atom is 0.0594 e. The molecule has 0 saturated carbocycles. The van der Waals surface area contributed by atoms with E-state index in [1.165, 1.54) is 10.4 Å². The molecule has 2 atom stereocenters. The van der Waals surface area contributed by atoms with E-state index in [1.807, 2.05) is 0 Å². The molecular formula is C13H24N2OS. The van der Waals surface area contributed by atoms with Gasteiger partial charge in [0.1, 0.15) is 0 Å². The van der Waals surface area contributed by atoms with Crippen molar-refractivity contribution in [1.29, 1.82) is 0 Å². The summed E-state index contributed by atoms with van der Waals surface area (Å²) in [5.41, 5.74) is 7.51. The van der Waals surface area contributed by atoms with Gasteiger partial charge in [0.2, 0.25) is 0 Å². The van der Waals surface area contributed by atoms with Crippen molar-refractivity contribution in [2.45, 2.75) is 32.9 Å². The van der Waals surface area contributed by atoms with E-state index < -0.39 is 0 Å². The van der Waals surface area contributed by atoms with Crippen LogP contribution in [0.3, 0.4) is 0 Å². The van der Waals surface area contributed by atoms with Crippen LogP contribution in [0.5, 0.6) is 0 Å². The first-order chi connectivity index (χ1) is 8.11. The summed E-state index contributed by atoms with van der Waals surface area (Å²) in [6.45, 7) is 9.09. The molecule has 2 N–H and O–H groups in total. The van der Waals surface area contributed by atoms with Crippen molar-refractivity contribution in [3.63, 3.8) is 0 Å². The molecule has 0 aliphatic heterocycles. The Balaban J connectivity index is 2.87. The maximum absolute atomic E-state index is 6.17. The van der Waals surface area contributed by atoms with E-state index in [9.17, 15) is 0 Å². The minimum Gasteiger partial charge on any atom is -0.383 e. The van der Waals surface area contributed by atoms with Crippen LogP contribution in [0, 0.1) is 6.92 Å². The molecule has 98 valence electrons. The fourth-order valence-corrected chi connectivity index (χ4v) is 3.30. The molecular weight excluding hydrogens is 232 g/mol. The Kier molecular flexibility index (Phi) is 6.12. The van der Waals surface area contributed by atoms with E-state index in [2.05, 4.69) is 37.1 Å². The van der Waals surface area contributed by atoms with Gasteiger partial charge in [-0.25, -0.2) is 0 Å². The normalized spacial score (nSPS) is 15.2. The first-order valence-corrected chi connectivity index (χ1v) is 7.02. The van der Waals surface area contributed by atoms with Gasteiger partial charge in [-0.1, -0.05) is 6.92 Å². The highest BCUT2D eigenvalue weighted by molar-refractivity contribution is 7.10. The summed E-state index contributed by atoms with van der Waals surface area (Å²) in [7, 11) is 1.74. The number of nitrogens with zero attached hydrogens (tertiary/aromatic N) is 1. The smallest absolute Gasteiger partial charge is 0.0594 e. The van der Waals surface area contributed by atoms with Crippen molar-refractivity contribution in [3.8, 4) is 0 Å². The minimum atomic E-state index is 0.129. The number of rotatable bonds is 7. The molecule has 1 heterocycles. The van der Waals surface area contributed by atoms with E-state index in [0.717, 1.165) is 19.7 Å². The summed E-state index contributed by atoms with van der Waals surface area (Å²) in [5.74, 6) is 0. The molecule has 17 heavy (non-hydrogen) atoms. The first kappa shape index (κ1) is 14.6. The Labute approximate surface area is 109 Å². The predicted molar refractivity (Wildman–Crippen MR) is 74.6 cm³/mol. The van der Waals surface area contributed by atoms with Crippen molar-refractivity contribution in [2.75, 3.05) is 26.8 Å². The molecule has 0 spiro atoms. The van der Waals surface area contributed by atoms with E-state index in [1.54, 1.807) is 18.4 Å². The monoisotopic (exact) mass is 256 g/mol. The fourth-order valence-electron chi connectivity index (χ4n) is 2.13. The lowest BCUT2D eigenvalue weighted by molar-refractivity contribution is 0.116. The molecule has 1 aromatic heterocycles. The number of aryl methyl sites for hydroxylation is 1. The number of nitrogens with two attached hydrogens (primary N) is 1. The molecule has 0 fully saturated rings. The molecule has 1 rings (SSSR count). The van der Waals surface area contributed by atoms with Crippen LogP contribution in [0.1, 0.15) is 30.3 Å². The minimum absolute atomic E-state index is 0.129. The Morgan fingerprint density at radius 3 is 2.65 bits per heavy atom.